The topological polar surface area (TPSA) is 60.2 Å². The molecule has 3 aromatic rings. The quantitative estimate of drug-likeness (QED) is 0.393. The second kappa shape index (κ2) is 10.9. The van der Waals surface area contributed by atoms with Crippen LogP contribution in [0.3, 0.4) is 0 Å². The van der Waals surface area contributed by atoms with E-state index in [-0.39, 0.29) is 6.10 Å². The number of methoxy groups -OCH3 is 1. The zero-order chi connectivity index (χ0) is 24.2. The molecule has 7 heteroatoms. The first kappa shape index (κ1) is 23.9. The summed E-state index contributed by atoms with van der Waals surface area (Å²) in [6.45, 7) is 8.16. The molecular weight excluding hydrogens is 442 g/mol. The van der Waals surface area contributed by atoms with E-state index in [9.17, 15) is 0 Å². The van der Waals surface area contributed by atoms with Gasteiger partial charge in [0.2, 0.25) is 0 Å². The number of rotatable bonds is 9. The van der Waals surface area contributed by atoms with Gasteiger partial charge in [-0.1, -0.05) is 0 Å². The Morgan fingerprint density at radius 2 is 1.80 bits per heavy atom. The molecule has 0 radical (unpaired) electrons. The van der Waals surface area contributed by atoms with Crippen LogP contribution >= 0.6 is 0 Å². The van der Waals surface area contributed by atoms with E-state index in [1.54, 1.807) is 7.11 Å². The van der Waals surface area contributed by atoms with Crippen LogP contribution in [0, 0.1) is 6.92 Å². The second-order valence-corrected chi connectivity index (χ2v) is 9.81. The summed E-state index contributed by atoms with van der Waals surface area (Å²) in [5, 5.41) is 0.928. The van der Waals surface area contributed by atoms with E-state index in [1.165, 1.54) is 25.9 Å². The van der Waals surface area contributed by atoms with E-state index in [0.29, 0.717) is 18.1 Å². The molecule has 0 amide bonds. The highest BCUT2D eigenvalue weighted by molar-refractivity contribution is 5.90. The highest BCUT2D eigenvalue weighted by Gasteiger charge is 2.22. The largest absolute Gasteiger partial charge is 0.493 e. The zero-order valence-corrected chi connectivity index (χ0v) is 21.2. The van der Waals surface area contributed by atoms with Crippen LogP contribution in [0.5, 0.6) is 17.2 Å². The molecular formula is C28H37N3O4. The van der Waals surface area contributed by atoms with Crippen molar-refractivity contribution in [3.63, 3.8) is 0 Å². The molecule has 2 aromatic heterocycles. The predicted molar refractivity (Wildman–Crippen MR) is 138 cm³/mol. The molecule has 0 bridgehead atoms. The molecule has 4 heterocycles. The molecule has 0 spiro atoms. The lowest BCUT2D eigenvalue weighted by atomic mass is 10.1. The Kier molecular flexibility index (Phi) is 7.44. The van der Waals surface area contributed by atoms with Crippen LogP contribution in [-0.2, 0) is 0 Å². The maximum Gasteiger partial charge on any atom is 0.163 e. The number of likely N-dealkylation sites (tertiary alicyclic amines) is 2. The molecule has 2 aliphatic rings. The van der Waals surface area contributed by atoms with E-state index < -0.39 is 0 Å². The van der Waals surface area contributed by atoms with Crippen LogP contribution in [0.4, 0.5) is 0 Å². The Balaban J connectivity index is 1.43. The summed E-state index contributed by atoms with van der Waals surface area (Å²) >= 11 is 0. The minimum absolute atomic E-state index is 0.176. The van der Waals surface area contributed by atoms with Crippen LogP contribution in [0.25, 0.3) is 22.4 Å². The molecule has 35 heavy (non-hydrogen) atoms. The molecule has 0 unspecified atom stereocenters. The van der Waals surface area contributed by atoms with Crippen LogP contribution in [0.15, 0.2) is 34.7 Å². The van der Waals surface area contributed by atoms with Gasteiger partial charge in [0, 0.05) is 37.2 Å². The van der Waals surface area contributed by atoms with Crippen molar-refractivity contribution in [2.75, 3.05) is 53.5 Å². The van der Waals surface area contributed by atoms with E-state index in [4.69, 9.17) is 23.6 Å². The molecule has 2 saturated heterocycles. The molecule has 0 atom stereocenters. The number of ether oxygens (including phenoxy) is 3. The van der Waals surface area contributed by atoms with Crippen molar-refractivity contribution in [2.45, 2.75) is 45.1 Å². The van der Waals surface area contributed by atoms with E-state index in [0.717, 1.165) is 72.8 Å². The molecule has 0 saturated carbocycles. The fourth-order valence-corrected chi connectivity index (χ4v) is 5.03. The number of pyridine rings is 1. The molecule has 0 aliphatic carbocycles. The lowest BCUT2D eigenvalue weighted by Crippen LogP contribution is -2.35. The van der Waals surface area contributed by atoms with Gasteiger partial charge in [-0.2, -0.15) is 0 Å². The lowest BCUT2D eigenvalue weighted by Gasteiger charge is -2.29. The highest BCUT2D eigenvalue weighted by atomic mass is 16.5. The average Bonchev–Trinajstić information content (AvgIpc) is 3.54. The molecule has 2 fully saturated rings. The van der Waals surface area contributed by atoms with Crippen molar-refractivity contribution >= 4 is 10.9 Å². The van der Waals surface area contributed by atoms with Crippen molar-refractivity contribution in [3.05, 3.63) is 36.1 Å². The summed E-state index contributed by atoms with van der Waals surface area (Å²) < 4.78 is 24.4. The number of piperidine rings is 1. The normalized spacial score (nSPS) is 17.8. The average molecular weight is 480 g/mol. The standard InChI is InChI=1S/C28H37N3O4/c1-20-7-8-25(34-20)24-19-26(35-21-9-14-30(2)15-10-21)22-17-27(32-3)28(18-23(22)29-24)33-16-6-13-31-11-4-5-12-31/h7-8,17-19,21H,4-6,9-16H2,1-3H3. The van der Waals surface area contributed by atoms with Crippen LogP contribution in [0.2, 0.25) is 0 Å². The van der Waals surface area contributed by atoms with Crippen LogP contribution in [-0.4, -0.2) is 74.4 Å². The maximum absolute atomic E-state index is 6.57. The number of hydrogen-bond acceptors (Lipinski definition) is 7. The summed E-state index contributed by atoms with van der Waals surface area (Å²) in [5.41, 5.74) is 1.58. The highest BCUT2D eigenvalue weighted by Crippen LogP contribution is 2.39. The number of nitrogens with zero attached hydrogens (tertiary/aromatic N) is 3. The summed E-state index contributed by atoms with van der Waals surface area (Å²) in [4.78, 5) is 9.78. The molecule has 5 rings (SSSR count). The minimum Gasteiger partial charge on any atom is -0.493 e. The van der Waals surface area contributed by atoms with Crippen LogP contribution in [0.1, 0.15) is 37.9 Å². The maximum atomic E-state index is 6.57. The summed E-state index contributed by atoms with van der Waals surface area (Å²) in [6, 6.07) is 9.89. The summed E-state index contributed by atoms with van der Waals surface area (Å²) in [5.74, 6) is 3.83. The van der Waals surface area contributed by atoms with E-state index >= 15 is 0 Å². The predicted octanol–water partition coefficient (Wildman–Crippen LogP) is 5.15. The number of aryl methyl sites for hydroxylation is 1. The lowest BCUT2D eigenvalue weighted by molar-refractivity contribution is 0.115. The third-order valence-electron chi connectivity index (χ3n) is 7.08. The number of fused-ring (bicyclic) bond motifs is 1. The van der Waals surface area contributed by atoms with Crippen LogP contribution < -0.4 is 14.2 Å². The van der Waals surface area contributed by atoms with E-state index in [2.05, 4.69) is 16.8 Å². The second-order valence-electron chi connectivity index (χ2n) is 9.81. The first-order valence-corrected chi connectivity index (χ1v) is 12.9. The van der Waals surface area contributed by atoms with Gasteiger partial charge in [0.05, 0.1) is 19.2 Å². The molecule has 188 valence electrons. The summed E-state index contributed by atoms with van der Waals surface area (Å²) in [6.07, 6.45) is 5.80. The molecule has 2 aliphatic heterocycles. The van der Waals surface area contributed by atoms with E-state index in [1.807, 2.05) is 37.3 Å². The fourth-order valence-electron chi connectivity index (χ4n) is 5.03. The molecule has 0 N–H and O–H groups in total. The first-order chi connectivity index (χ1) is 17.1. The van der Waals surface area contributed by atoms with Crippen molar-refractivity contribution in [1.82, 2.24) is 14.8 Å². The Morgan fingerprint density at radius 1 is 1.00 bits per heavy atom. The SMILES string of the molecule is COc1cc2c(OC3CCN(C)CC3)cc(-c3ccc(C)o3)nc2cc1OCCCN1CCCC1. The summed E-state index contributed by atoms with van der Waals surface area (Å²) in [7, 11) is 3.84. The fraction of sp³-hybridized carbons (Fsp3) is 0.536. The van der Waals surface area contributed by atoms with Gasteiger partial charge in [0.25, 0.3) is 0 Å². The Bertz CT molecular complexity index is 1130. The number of hydrogen-bond donors (Lipinski definition) is 0. The smallest absolute Gasteiger partial charge is 0.163 e. The Hall–Kier alpha value is -2.77. The van der Waals surface area contributed by atoms with Crippen molar-refractivity contribution in [1.29, 1.82) is 0 Å². The minimum atomic E-state index is 0.176. The van der Waals surface area contributed by atoms with Gasteiger partial charge in [0.1, 0.15) is 23.3 Å². The van der Waals surface area contributed by atoms with Gasteiger partial charge < -0.3 is 28.4 Å². The van der Waals surface area contributed by atoms with Gasteiger partial charge in [-0.25, -0.2) is 4.98 Å². The zero-order valence-electron chi connectivity index (χ0n) is 21.2. The monoisotopic (exact) mass is 479 g/mol. The Morgan fingerprint density at radius 3 is 2.51 bits per heavy atom. The third-order valence-corrected chi connectivity index (χ3v) is 7.08. The van der Waals surface area contributed by atoms with Gasteiger partial charge in [-0.15, -0.1) is 0 Å². The van der Waals surface area contributed by atoms with Gasteiger partial charge in [-0.05, 0) is 77.4 Å². The first-order valence-electron chi connectivity index (χ1n) is 12.9. The van der Waals surface area contributed by atoms with Gasteiger partial charge in [-0.3, -0.25) is 0 Å². The molecule has 1 aromatic carbocycles. The third kappa shape index (κ3) is 5.73. The van der Waals surface area contributed by atoms with Crippen molar-refractivity contribution in [2.24, 2.45) is 0 Å². The van der Waals surface area contributed by atoms with Gasteiger partial charge >= 0.3 is 0 Å². The number of benzene rings is 1. The molecule has 7 nitrogen and oxygen atoms in total. The number of aromatic nitrogens is 1. The Labute approximate surface area is 208 Å². The van der Waals surface area contributed by atoms with Gasteiger partial charge in [0.15, 0.2) is 17.3 Å². The van der Waals surface area contributed by atoms with Crippen molar-refractivity contribution < 1.29 is 18.6 Å². The number of furan rings is 1. The van der Waals surface area contributed by atoms with Crippen molar-refractivity contribution in [3.8, 4) is 28.7 Å².